The summed E-state index contributed by atoms with van der Waals surface area (Å²) in [4.78, 5) is 12.8. The molecule has 0 saturated heterocycles. The molecule has 0 bridgehead atoms. The molecule has 2 N–H and O–H groups in total. The van der Waals surface area contributed by atoms with Crippen molar-refractivity contribution in [2.75, 3.05) is 7.05 Å². The molecule has 9 heteroatoms. The highest BCUT2D eigenvalue weighted by Gasteiger charge is 2.10. The number of hydrogen-bond acceptors (Lipinski definition) is 6. The minimum Gasteiger partial charge on any atom is -0.444 e. The topological polar surface area (TPSA) is 101 Å². The van der Waals surface area contributed by atoms with E-state index in [0.29, 0.717) is 41.7 Å². The number of rotatable bonds is 5. The molecule has 2 aromatic heterocycles. The Labute approximate surface area is 155 Å². The fraction of sp³-hybridized carbons (Fsp3) is 0.294. The van der Waals surface area contributed by atoms with E-state index in [1.807, 2.05) is 26.0 Å². The van der Waals surface area contributed by atoms with E-state index in [4.69, 9.17) is 20.5 Å². The van der Waals surface area contributed by atoms with Crippen molar-refractivity contribution < 1.29 is 8.94 Å². The predicted octanol–water partition coefficient (Wildman–Crippen LogP) is 2.86. The summed E-state index contributed by atoms with van der Waals surface area (Å²) in [7, 11) is 1.67. The van der Waals surface area contributed by atoms with Crippen molar-refractivity contribution in [1.82, 2.24) is 25.8 Å². The Bertz CT molecular complexity index is 898. The van der Waals surface area contributed by atoms with Crippen molar-refractivity contribution in [3.8, 4) is 11.4 Å². The van der Waals surface area contributed by atoms with Crippen LogP contribution in [-0.4, -0.2) is 28.1 Å². The van der Waals surface area contributed by atoms with Crippen molar-refractivity contribution in [3.63, 3.8) is 0 Å². The van der Waals surface area contributed by atoms with Gasteiger partial charge >= 0.3 is 0 Å². The first-order chi connectivity index (χ1) is 12.5. The van der Waals surface area contributed by atoms with E-state index in [9.17, 15) is 0 Å². The number of nitrogens with zero attached hydrogens (tertiary/aromatic N) is 4. The third kappa shape index (κ3) is 4.40. The van der Waals surface area contributed by atoms with Crippen LogP contribution in [0.15, 0.2) is 38.2 Å². The second-order valence-electron chi connectivity index (χ2n) is 5.55. The summed E-state index contributed by atoms with van der Waals surface area (Å²) < 4.78 is 10.8. The van der Waals surface area contributed by atoms with Gasteiger partial charge in [0.1, 0.15) is 5.76 Å². The van der Waals surface area contributed by atoms with Gasteiger partial charge in [-0.25, -0.2) is 4.98 Å². The second-order valence-corrected chi connectivity index (χ2v) is 5.99. The van der Waals surface area contributed by atoms with E-state index in [1.54, 1.807) is 19.2 Å². The molecular weight excluding hydrogens is 356 g/mol. The lowest BCUT2D eigenvalue weighted by Crippen LogP contribution is -2.36. The average molecular weight is 375 g/mol. The Morgan fingerprint density at radius 2 is 1.92 bits per heavy atom. The van der Waals surface area contributed by atoms with Gasteiger partial charge in [-0.1, -0.05) is 28.9 Å². The number of hydrogen-bond donors (Lipinski definition) is 2. The Morgan fingerprint density at radius 1 is 1.15 bits per heavy atom. The first kappa shape index (κ1) is 17.9. The van der Waals surface area contributed by atoms with Gasteiger partial charge in [-0.05, 0) is 26.0 Å². The van der Waals surface area contributed by atoms with Crippen molar-refractivity contribution in [1.29, 1.82) is 0 Å². The summed E-state index contributed by atoms with van der Waals surface area (Å²) in [6.45, 7) is 4.54. The van der Waals surface area contributed by atoms with Gasteiger partial charge in [-0.3, -0.25) is 4.99 Å². The Kier molecular flexibility index (Phi) is 5.52. The van der Waals surface area contributed by atoms with Crippen molar-refractivity contribution in [2.24, 2.45) is 4.99 Å². The number of halogens is 1. The van der Waals surface area contributed by atoms with E-state index < -0.39 is 0 Å². The Balaban J connectivity index is 1.55. The van der Waals surface area contributed by atoms with Gasteiger partial charge in [0.15, 0.2) is 5.96 Å². The number of nitrogens with one attached hydrogen (secondary N) is 2. The minimum atomic E-state index is 0.330. The first-order valence-corrected chi connectivity index (χ1v) is 8.39. The van der Waals surface area contributed by atoms with E-state index in [0.717, 1.165) is 17.0 Å². The summed E-state index contributed by atoms with van der Waals surface area (Å²) in [5.74, 6) is 2.90. The smallest absolute Gasteiger partial charge is 0.246 e. The molecule has 0 radical (unpaired) electrons. The van der Waals surface area contributed by atoms with Gasteiger partial charge in [0.05, 0.1) is 18.8 Å². The zero-order chi connectivity index (χ0) is 18.5. The lowest BCUT2D eigenvalue weighted by molar-refractivity contribution is 0.375. The number of guanidine groups is 1. The molecule has 0 unspecified atom stereocenters. The number of oxazole rings is 1. The fourth-order valence-corrected chi connectivity index (χ4v) is 2.42. The maximum Gasteiger partial charge on any atom is 0.246 e. The number of aromatic nitrogens is 3. The number of aliphatic imine (C=N–C) groups is 1. The second kappa shape index (κ2) is 8.01. The molecule has 2 heterocycles. The van der Waals surface area contributed by atoms with Crippen LogP contribution in [0.3, 0.4) is 0 Å². The highest BCUT2D eigenvalue weighted by molar-refractivity contribution is 6.30. The van der Waals surface area contributed by atoms with Crippen LogP contribution < -0.4 is 10.6 Å². The fourth-order valence-electron chi connectivity index (χ4n) is 2.23. The minimum absolute atomic E-state index is 0.330. The van der Waals surface area contributed by atoms with Crippen LogP contribution >= 0.6 is 11.6 Å². The quantitative estimate of drug-likeness (QED) is 0.523. The van der Waals surface area contributed by atoms with Crippen LogP contribution in [0.4, 0.5) is 0 Å². The Morgan fingerprint density at radius 3 is 2.58 bits per heavy atom. The van der Waals surface area contributed by atoms with Crippen molar-refractivity contribution in [3.05, 3.63) is 52.5 Å². The normalized spacial score (nSPS) is 11.6. The maximum atomic E-state index is 5.98. The molecule has 0 amide bonds. The monoisotopic (exact) mass is 374 g/mol. The van der Waals surface area contributed by atoms with E-state index in [1.165, 1.54) is 0 Å². The van der Waals surface area contributed by atoms with Gasteiger partial charge in [0, 0.05) is 17.6 Å². The molecular formula is C17H19ClN6O2. The molecule has 136 valence electrons. The van der Waals surface area contributed by atoms with Gasteiger partial charge in [0.2, 0.25) is 17.6 Å². The summed E-state index contributed by atoms with van der Waals surface area (Å²) in [5.41, 5.74) is 1.67. The number of aryl methyl sites for hydroxylation is 2. The third-order valence-electron chi connectivity index (χ3n) is 3.66. The molecule has 0 fully saturated rings. The van der Waals surface area contributed by atoms with E-state index >= 15 is 0 Å². The Hall–Kier alpha value is -2.87. The molecule has 0 aliphatic rings. The van der Waals surface area contributed by atoms with Crippen molar-refractivity contribution in [2.45, 2.75) is 26.9 Å². The standard InChI is InChI=1S/C17H19ClN6O2/c1-10-11(2)25-14(22-10)8-20-17(19-3)21-9-15-23-16(24-26-15)12-5-4-6-13(18)7-12/h4-7H,8-9H2,1-3H3,(H2,19,20,21). The van der Waals surface area contributed by atoms with E-state index in [2.05, 4.69) is 30.8 Å². The van der Waals surface area contributed by atoms with Crippen LogP contribution in [0, 0.1) is 13.8 Å². The molecule has 26 heavy (non-hydrogen) atoms. The molecule has 0 atom stereocenters. The molecule has 0 spiro atoms. The van der Waals surface area contributed by atoms with Crippen LogP contribution in [0.1, 0.15) is 23.2 Å². The lowest BCUT2D eigenvalue weighted by Gasteiger charge is -2.08. The van der Waals surface area contributed by atoms with Crippen molar-refractivity contribution >= 4 is 17.6 Å². The molecule has 3 rings (SSSR count). The molecule has 0 aliphatic carbocycles. The molecule has 3 aromatic rings. The third-order valence-corrected chi connectivity index (χ3v) is 3.90. The molecule has 0 saturated carbocycles. The van der Waals surface area contributed by atoms with Crippen LogP contribution in [0.25, 0.3) is 11.4 Å². The highest BCUT2D eigenvalue weighted by atomic mass is 35.5. The van der Waals surface area contributed by atoms with Crippen LogP contribution in [0.5, 0.6) is 0 Å². The largest absolute Gasteiger partial charge is 0.444 e. The van der Waals surface area contributed by atoms with Gasteiger partial charge in [-0.2, -0.15) is 4.98 Å². The van der Waals surface area contributed by atoms with E-state index in [-0.39, 0.29) is 0 Å². The number of benzene rings is 1. The maximum absolute atomic E-state index is 5.98. The first-order valence-electron chi connectivity index (χ1n) is 8.01. The highest BCUT2D eigenvalue weighted by Crippen LogP contribution is 2.19. The zero-order valence-electron chi connectivity index (χ0n) is 14.7. The molecule has 0 aliphatic heterocycles. The average Bonchev–Trinajstić information content (AvgIpc) is 3.22. The summed E-state index contributed by atoms with van der Waals surface area (Å²) in [6.07, 6.45) is 0. The summed E-state index contributed by atoms with van der Waals surface area (Å²) >= 11 is 5.98. The lowest BCUT2D eigenvalue weighted by atomic mass is 10.2. The van der Waals surface area contributed by atoms with Crippen LogP contribution in [-0.2, 0) is 13.1 Å². The van der Waals surface area contributed by atoms with Crippen LogP contribution in [0.2, 0.25) is 5.02 Å². The summed E-state index contributed by atoms with van der Waals surface area (Å²) in [6, 6.07) is 7.28. The molecule has 8 nitrogen and oxygen atoms in total. The van der Waals surface area contributed by atoms with Gasteiger partial charge in [-0.15, -0.1) is 0 Å². The predicted molar refractivity (Wildman–Crippen MR) is 97.8 cm³/mol. The summed E-state index contributed by atoms with van der Waals surface area (Å²) in [5, 5.41) is 10.8. The molecule has 1 aromatic carbocycles. The van der Waals surface area contributed by atoms with Gasteiger partial charge < -0.3 is 19.6 Å². The van der Waals surface area contributed by atoms with Gasteiger partial charge in [0.25, 0.3) is 0 Å². The zero-order valence-corrected chi connectivity index (χ0v) is 15.5. The SMILES string of the molecule is CN=C(NCc1nc(-c2cccc(Cl)c2)no1)NCc1nc(C)c(C)o1.